The fourth-order valence-electron chi connectivity index (χ4n) is 2.21. The molecule has 0 saturated heterocycles. The topological polar surface area (TPSA) is 70.0 Å². The van der Waals surface area contributed by atoms with Crippen LogP contribution in [0.5, 0.6) is 11.5 Å². The molecule has 0 spiro atoms. The number of carbonyl (C=O) groups is 1. The van der Waals surface area contributed by atoms with Crippen LogP contribution in [0.3, 0.4) is 0 Å². The van der Waals surface area contributed by atoms with Crippen molar-refractivity contribution in [1.82, 2.24) is 4.98 Å². The van der Waals surface area contributed by atoms with Crippen LogP contribution in [0.4, 0.5) is 0 Å². The van der Waals surface area contributed by atoms with Gasteiger partial charge >= 0.3 is 5.97 Å². The van der Waals surface area contributed by atoms with Crippen LogP contribution >= 0.6 is 11.6 Å². The quantitative estimate of drug-likeness (QED) is 0.629. The Morgan fingerprint density at radius 1 is 1.21 bits per heavy atom. The number of rotatable bonds is 4. The van der Waals surface area contributed by atoms with Crippen molar-refractivity contribution in [2.24, 2.45) is 4.99 Å². The number of aromatic nitrogens is 1. The molecule has 2 aromatic rings. The molecule has 0 bridgehead atoms. The summed E-state index contributed by atoms with van der Waals surface area (Å²) in [4.78, 5) is 20.4. The van der Waals surface area contributed by atoms with Crippen molar-refractivity contribution < 1.29 is 19.0 Å². The minimum atomic E-state index is -0.573. The lowest BCUT2D eigenvalue weighted by molar-refractivity contribution is -0.129. The highest BCUT2D eigenvalue weighted by Gasteiger charge is 2.25. The summed E-state index contributed by atoms with van der Waals surface area (Å²) in [5.41, 5.74) is 1.17. The van der Waals surface area contributed by atoms with Gasteiger partial charge in [0, 0.05) is 16.8 Å². The Kier molecular flexibility index (Phi) is 4.48. The van der Waals surface area contributed by atoms with E-state index in [9.17, 15) is 4.79 Å². The fraction of sp³-hybridized carbons (Fsp3) is 0.118. The van der Waals surface area contributed by atoms with Crippen LogP contribution < -0.4 is 9.47 Å². The van der Waals surface area contributed by atoms with E-state index in [0.717, 1.165) is 0 Å². The summed E-state index contributed by atoms with van der Waals surface area (Å²) in [5, 5.41) is 0.477. The normalized spacial score (nSPS) is 15.2. The van der Waals surface area contributed by atoms with Gasteiger partial charge in [-0.05, 0) is 24.3 Å². The molecule has 0 atom stereocenters. The summed E-state index contributed by atoms with van der Waals surface area (Å²) in [6.45, 7) is 0. The molecule has 0 radical (unpaired) electrons. The smallest absolute Gasteiger partial charge is 0.363 e. The summed E-state index contributed by atoms with van der Waals surface area (Å²) in [6, 6.07) is 8.53. The average molecular weight is 345 g/mol. The number of carbonyl (C=O) groups excluding carboxylic acids is 1. The highest BCUT2D eigenvalue weighted by Crippen LogP contribution is 2.33. The lowest BCUT2D eigenvalue weighted by atomic mass is 10.1. The maximum absolute atomic E-state index is 12.1. The first-order valence-corrected chi connectivity index (χ1v) is 7.35. The number of cyclic esters (lactones) is 1. The third kappa shape index (κ3) is 3.09. The van der Waals surface area contributed by atoms with E-state index in [1.807, 2.05) is 0 Å². The number of ether oxygens (including phenoxy) is 3. The Morgan fingerprint density at radius 2 is 2.04 bits per heavy atom. The number of hydrogen-bond acceptors (Lipinski definition) is 6. The summed E-state index contributed by atoms with van der Waals surface area (Å²) in [6.07, 6.45) is 3.09. The molecule has 0 N–H and O–H groups in total. The molecule has 1 aliphatic heterocycles. The third-order valence-electron chi connectivity index (χ3n) is 3.29. The first-order valence-electron chi connectivity index (χ1n) is 6.98. The van der Waals surface area contributed by atoms with Gasteiger partial charge in [-0.1, -0.05) is 23.7 Å². The van der Waals surface area contributed by atoms with Crippen molar-refractivity contribution >= 4 is 29.5 Å². The zero-order valence-electron chi connectivity index (χ0n) is 12.9. The SMILES string of the molecule is COc1cccc(/C=C2\N=C(c3cc(Cl)ccn3)OC2=O)c1OC. The molecule has 0 fully saturated rings. The molecule has 2 heterocycles. The van der Waals surface area contributed by atoms with Gasteiger partial charge in [-0.25, -0.2) is 9.79 Å². The van der Waals surface area contributed by atoms with Gasteiger partial charge in [-0.15, -0.1) is 0 Å². The number of aliphatic imine (C=N–C) groups is 1. The van der Waals surface area contributed by atoms with Crippen molar-refractivity contribution in [1.29, 1.82) is 0 Å². The molecule has 6 nitrogen and oxygen atoms in total. The molecule has 0 amide bonds. The van der Waals surface area contributed by atoms with Crippen molar-refractivity contribution in [3.8, 4) is 11.5 Å². The Bertz CT molecular complexity index is 861. The number of esters is 1. The largest absolute Gasteiger partial charge is 0.493 e. The zero-order valence-corrected chi connectivity index (χ0v) is 13.7. The number of halogens is 1. The molecule has 1 aromatic carbocycles. The van der Waals surface area contributed by atoms with Crippen molar-refractivity contribution in [2.45, 2.75) is 0 Å². The highest BCUT2D eigenvalue weighted by atomic mass is 35.5. The minimum Gasteiger partial charge on any atom is -0.493 e. The number of benzene rings is 1. The van der Waals surface area contributed by atoms with E-state index in [2.05, 4.69) is 9.98 Å². The second kappa shape index (κ2) is 6.72. The summed E-state index contributed by atoms with van der Waals surface area (Å²) in [5.74, 6) is 0.594. The van der Waals surface area contributed by atoms with Gasteiger partial charge in [-0.3, -0.25) is 4.98 Å². The molecule has 0 saturated carbocycles. The maximum Gasteiger partial charge on any atom is 0.363 e. The monoisotopic (exact) mass is 344 g/mol. The van der Waals surface area contributed by atoms with Crippen LogP contribution in [0, 0.1) is 0 Å². The first-order chi connectivity index (χ1) is 11.6. The highest BCUT2D eigenvalue weighted by molar-refractivity contribution is 6.31. The molecule has 7 heteroatoms. The second-order valence-electron chi connectivity index (χ2n) is 4.78. The minimum absolute atomic E-state index is 0.107. The van der Waals surface area contributed by atoms with Crippen LogP contribution in [0.2, 0.25) is 5.02 Å². The fourth-order valence-corrected chi connectivity index (χ4v) is 2.37. The lowest BCUT2D eigenvalue weighted by Crippen LogP contribution is -2.07. The Morgan fingerprint density at radius 3 is 2.75 bits per heavy atom. The van der Waals surface area contributed by atoms with Gasteiger partial charge in [-0.2, -0.15) is 0 Å². The third-order valence-corrected chi connectivity index (χ3v) is 3.52. The number of pyridine rings is 1. The summed E-state index contributed by atoms with van der Waals surface area (Å²) >= 11 is 5.92. The zero-order chi connectivity index (χ0) is 17.1. The van der Waals surface area contributed by atoms with Crippen LogP contribution in [-0.2, 0) is 9.53 Å². The average Bonchev–Trinajstić information content (AvgIpc) is 2.95. The van der Waals surface area contributed by atoms with E-state index < -0.39 is 5.97 Å². The maximum atomic E-state index is 12.1. The van der Waals surface area contributed by atoms with Crippen LogP contribution in [0.25, 0.3) is 6.08 Å². The standard InChI is InChI=1S/C17H13ClN2O4/c1-22-14-5-3-4-10(15(14)23-2)8-13-17(21)24-16(20-13)12-9-11(18)6-7-19-12/h3-9H,1-2H3/b13-8-. The van der Waals surface area contributed by atoms with E-state index >= 15 is 0 Å². The van der Waals surface area contributed by atoms with Gasteiger partial charge in [0.25, 0.3) is 0 Å². The van der Waals surface area contributed by atoms with E-state index in [0.29, 0.717) is 27.8 Å². The molecule has 3 rings (SSSR count). The molecule has 1 aromatic heterocycles. The number of hydrogen-bond donors (Lipinski definition) is 0. The van der Waals surface area contributed by atoms with Gasteiger partial charge in [0.2, 0.25) is 5.90 Å². The van der Waals surface area contributed by atoms with Crippen molar-refractivity contribution in [3.05, 3.63) is 58.5 Å². The van der Waals surface area contributed by atoms with E-state index in [1.54, 1.807) is 43.5 Å². The molecule has 0 aliphatic carbocycles. The van der Waals surface area contributed by atoms with Crippen LogP contribution in [0.15, 0.2) is 47.2 Å². The van der Waals surface area contributed by atoms with E-state index in [4.69, 9.17) is 25.8 Å². The molecule has 1 aliphatic rings. The molecule has 24 heavy (non-hydrogen) atoms. The summed E-state index contributed by atoms with van der Waals surface area (Å²) < 4.78 is 15.7. The van der Waals surface area contributed by atoms with Crippen LogP contribution in [0.1, 0.15) is 11.3 Å². The predicted molar refractivity (Wildman–Crippen MR) is 89.4 cm³/mol. The number of nitrogens with zero attached hydrogens (tertiary/aromatic N) is 2. The van der Waals surface area contributed by atoms with E-state index in [-0.39, 0.29) is 11.6 Å². The summed E-state index contributed by atoms with van der Waals surface area (Å²) in [7, 11) is 3.07. The Labute approximate surface area is 143 Å². The van der Waals surface area contributed by atoms with Gasteiger partial charge in [0.1, 0.15) is 5.69 Å². The lowest BCUT2D eigenvalue weighted by Gasteiger charge is -2.09. The number of para-hydroxylation sites is 1. The van der Waals surface area contributed by atoms with Crippen molar-refractivity contribution in [3.63, 3.8) is 0 Å². The molecular weight excluding hydrogens is 332 g/mol. The van der Waals surface area contributed by atoms with Gasteiger partial charge < -0.3 is 14.2 Å². The second-order valence-corrected chi connectivity index (χ2v) is 5.21. The molecular formula is C17H13ClN2O4. The molecule has 0 unspecified atom stereocenters. The Balaban J connectivity index is 2.01. The van der Waals surface area contributed by atoms with Crippen LogP contribution in [-0.4, -0.2) is 31.1 Å². The van der Waals surface area contributed by atoms with Crippen molar-refractivity contribution in [2.75, 3.05) is 14.2 Å². The van der Waals surface area contributed by atoms with E-state index in [1.165, 1.54) is 13.3 Å². The Hall–Kier alpha value is -2.86. The van der Waals surface area contributed by atoms with Gasteiger partial charge in [0.15, 0.2) is 17.2 Å². The number of methoxy groups -OCH3 is 2. The predicted octanol–water partition coefficient (Wildman–Crippen LogP) is 3.10. The van der Waals surface area contributed by atoms with Gasteiger partial charge in [0.05, 0.1) is 14.2 Å². The molecule has 122 valence electrons. The first kappa shape index (κ1) is 16.0.